The van der Waals surface area contributed by atoms with Gasteiger partial charge in [0.15, 0.2) is 0 Å². The Labute approximate surface area is 180 Å². The molecule has 0 heterocycles. The minimum atomic E-state index is -0.557. The first-order valence-corrected chi connectivity index (χ1v) is 10.7. The zero-order chi connectivity index (χ0) is 21.9. The third kappa shape index (κ3) is 7.30. The summed E-state index contributed by atoms with van der Waals surface area (Å²) >= 11 is 0. The van der Waals surface area contributed by atoms with Crippen LogP contribution >= 0.6 is 0 Å². The van der Waals surface area contributed by atoms with Crippen molar-refractivity contribution in [3.63, 3.8) is 0 Å². The predicted molar refractivity (Wildman–Crippen MR) is 122 cm³/mol. The van der Waals surface area contributed by atoms with E-state index in [1.807, 2.05) is 60.7 Å². The van der Waals surface area contributed by atoms with E-state index in [2.05, 4.69) is 24.5 Å². The molecule has 30 heavy (non-hydrogen) atoms. The van der Waals surface area contributed by atoms with E-state index >= 15 is 0 Å². The van der Waals surface area contributed by atoms with Crippen LogP contribution in [0.1, 0.15) is 31.4 Å². The van der Waals surface area contributed by atoms with Crippen molar-refractivity contribution >= 4 is 11.8 Å². The van der Waals surface area contributed by atoms with E-state index in [1.165, 1.54) is 5.56 Å². The van der Waals surface area contributed by atoms with Gasteiger partial charge in [0, 0.05) is 20.0 Å². The van der Waals surface area contributed by atoms with E-state index in [-0.39, 0.29) is 17.9 Å². The SMILES string of the molecule is CN[C@H](CC(C)C)C(=O)N(C)[C@H](Cc1ccccc1)C(=O)NCCc1ccccc1. The molecular weight excluding hydrogens is 374 g/mol. The molecule has 0 bridgehead atoms. The summed E-state index contributed by atoms with van der Waals surface area (Å²) in [6.45, 7) is 4.72. The molecule has 0 radical (unpaired) electrons. The Balaban J connectivity index is 2.10. The number of nitrogens with one attached hydrogen (secondary N) is 2. The Morgan fingerprint density at radius 3 is 2.03 bits per heavy atom. The lowest BCUT2D eigenvalue weighted by Gasteiger charge is -2.31. The molecule has 2 amide bonds. The van der Waals surface area contributed by atoms with Crippen LogP contribution < -0.4 is 10.6 Å². The minimum absolute atomic E-state index is 0.0506. The summed E-state index contributed by atoms with van der Waals surface area (Å²) in [6.07, 6.45) is 1.97. The maximum absolute atomic E-state index is 13.1. The summed E-state index contributed by atoms with van der Waals surface area (Å²) in [5.41, 5.74) is 2.21. The summed E-state index contributed by atoms with van der Waals surface area (Å²) < 4.78 is 0. The smallest absolute Gasteiger partial charge is 0.243 e. The van der Waals surface area contributed by atoms with Gasteiger partial charge in [-0.25, -0.2) is 0 Å². The molecule has 0 aliphatic heterocycles. The second-order valence-electron chi connectivity index (χ2n) is 8.15. The van der Waals surface area contributed by atoms with Gasteiger partial charge in [0.25, 0.3) is 0 Å². The van der Waals surface area contributed by atoms with Gasteiger partial charge in [0.1, 0.15) is 6.04 Å². The fraction of sp³-hybridized carbons (Fsp3) is 0.440. The molecule has 2 aromatic carbocycles. The van der Waals surface area contributed by atoms with Crippen LogP contribution in [0.5, 0.6) is 0 Å². The molecule has 2 rings (SSSR count). The Hall–Kier alpha value is -2.66. The lowest BCUT2D eigenvalue weighted by molar-refractivity contribution is -0.140. The number of hydrogen-bond acceptors (Lipinski definition) is 3. The van der Waals surface area contributed by atoms with Crippen molar-refractivity contribution in [2.45, 2.75) is 45.2 Å². The van der Waals surface area contributed by atoms with Crippen molar-refractivity contribution in [3.8, 4) is 0 Å². The molecule has 2 atom stereocenters. The number of rotatable bonds is 11. The summed E-state index contributed by atoms with van der Waals surface area (Å²) in [7, 11) is 3.53. The average molecular weight is 410 g/mol. The van der Waals surface area contributed by atoms with Crippen molar-refractivity contribution in [2.75, 3.05) is 20.6 Å². The molecule has 2 aromatic rings. The zero-order valence-electron chi connectivity index (χ0n) is 18.6. The van der Waals surface area contributed by atoms with E-state index in [0.717, 1.165) is 18.4 Å². The molecular formula is C25H35N3O2. The number of likely N-dealkylation sites (N-methyl/N-ethyl adjacent to an activating group) is 2. The van der Waals surface area contributed by atoms with Crippen LogP contribution in [-0.2, 0) is 22.4 Å². The fourth-order valence-electron chi connectivity index (χ4n) is 3.55. The van der Waals surface area contributed by atoms with E-state index in [1.54, 1.807) is 19.0 Å². The van der Waals surface area contributed by atoms with Gasteiger partial charge in [0.05, 0.1) is 6.04 Å². The van der Waals surface area contributed by atoms with E-state index in [0.29, 0.717) is 18.9 Å². The molecule has 0 aliphatic rings. The summed E-state index contributed by atoms with van der Waals surface area (Å²) in [6, 6.07) is 19.1. The molecule has 5 heteroatoms. The first-order chi connectivity index (χ1) is 14.4. The third-order valence-corrected chi connectivity index (χ3v) is 5.30. The third-order valence-electron chi connectivity index (χ3n) is 5.30. The quantitative estimate of drug-likeness (QED) is 0.600. The second-order valence-corrected chi connectivity index (χ2v) is 8.15. The Morgan fingerprint density at radius 1 is 0.933 bits per heavy atom. The van der Waals surface area contributed by atoms with Crippen LogP contribution in [0.4, 0.5) is 0 Å². The van der Waals surface area contributed by atoms with Crippen LogP contribution in [-0.4, -0.2) is 49.4 Å². The van der Waals surface area contributed by atoms with Crippen molar-refractivity contribution in [2.24, 2.45) is 5.92 Å². The molecule has 0 spiro atoms. The lowest BCUT2D eigenvalue weighted by atomic mass is 10.00. The highest BCUT2D eigenvalue weighted by atomic mass is 16.2. The van der Waals surface area contributed by atoms with Crippen LogP contribution in [0.15, 0.2) is 60.7 Å². The summed E-state index contributed by atoms with van der Waals surface area (Å²) in [4.78, 5) is 27.8. The Morgan fingerprint density at radius 2 is 1.50 bits per heavy atom. The van der Waals surface area contributed by atoms with Crippen LogP contribution in [0.3, 0.4) is 0 Å². The van der Waals surface area contributed by atoms with Gasteiger partial charge in [-0.3, -0.25) is 9.59 Å². The zero-order valence-corrected chi connectivity index (χ0v) is 18.6. The van der Waals surface area contributed by atoms with Crippen molar-refractivity contribution in [3.05, 3.63) is 71.8 Å². The molecule has 0 saturated carbocycles. The average Bonchev–Trinajstić information content (AvgIpc) is 2.76. The lowest BCUT2D eigenvalue weighted by Crippen LogP contribution is -2.54. The second kappa shape index (κ2) is 12.1. The maximum atomic E-state index is 13.1. The van der Waals surface area contributed by atoms with Gasteiger partial charge in [-0.05, 0) is 36.9 Å². The number of carbonyl (C=O) groups excluding carboxylic acids is 2. The summed E-state index contributed by atoms with van der Waals surface area (Å²) in [5, 5.41) is 6.15. The molecule has 162 valence electrons. The topological polar surface area (TPSA) is 61.4 Å². The van der Waals surface area contributed by atoms with Crippen LogP contribution in [0.25, 0.3) is 0 Å². The largest absolute Gasteiger partial charge is 0.354 e. The minimum Gasteiger partial charge on any atom is -0.354 e. The Bertz CT molecular complexity index is 777. The molecule has 0 saturated heterocycles. The van der Waals surface area contributed by atoms with E-state index < -0.39 is 6.04 Å². The van der Waals surface area contributed by atoms with E-state index in [4.69, 9.17) is 0 Å². The number of benzene rings is 2. The summed E-state index contributed by atoms with van der Waals surface area (Å²) in [5.74, 6) is 0.211. The van der Waals surface area contributed by atoms with Crippen molar-refractivity contribution in [1.29, 1.82) is 0 Å². The predicted octanol–water partition coefficient (Wildman–Crippen LogP) is 3.05. The van der Waals surface area contributed by atoms with Gasteiger partial charge in [-0.1, -0.05) is 74.5 Å². The first-order valence-electron chi connectivity index (χ1n) is 10.7. The standard InChI is InChI=1S/C25H35N3O2/c1-19(2)17-22(26-3)25(30)28(4)23(18-21-13-9-6-10-14-21)24(29)27-16-15-20-11-7-5-8-12-20/h5-14,19,22-23,26H,15-18H2,1-4H3,(H,27,29)/t22-,23-/m1/s1. The fourth-order valence-corrected chi connectivity index (χ4v) is 3.55. The Kier molecular flexibility index (Phi) is 9.55. The first kappa shape index (κ1) is 23.6. The highest BCUT2D eigenvalue weighted by Crippen LogP contribution is 2.13. The van der Waals surface area contributed by atoms with Gasteiger partial charge in [-0.2, -0.15) is 0 Å². The number of amides is 2. The molecule has 0 aromatic heterocycles. The molecule has 0 fully saturated rings. The molecule has 0 aliphatic carbocycles. The molecule has 2 N–H and O–H groups in total. The molecule has 0 unspecified atom stereocenters. The van der Waals surface area contributed by atoms with Crippen LogP contribution in [0, 0.1) is 5.92 Å². The van der Waals surface area contributed by atoms with Gasteiger partial charge < -0.3 is 15.5 Å². The highest BCUT2D eigenvalue weighted by Gasteiger charge is 2.31. The van der Waals surface area contributed by atoms with Crippen molar-refractivity contribution in [1.82, 2.24) is 15.5 Å². The van der Waals surface area contributed by atoms with Crippen LogP contribution in [0.2, 0.25) is 0 Å². The normalized spacial score (nSPS) is 13.0. The highest BCUT2D eigenvalue weighted by molar-refractivity contribution is 5.90. The van der Waals surface area contributed by atoms with Gasteiger partial charge in [0.2, 0.25) is 11.8 Å². The van der Waals surface area contributed by atoms with Gasteiger partial charge in [-0.15, -0.1) is 0 Å². The number of hydrogen-bond donors (Lipinski definition) is 2. The van der Waals surface area contributed by atoms with Crippen molar-refractivity contribution < 1.29 is 9.59 Å². The maximum Gasteiger partial charge on any atom is 0.243 e. The monoisotopic (exact) mass is 409 g/mol. The van der Waals surface area contributed by atoms with E-state index in [9.17, 15) is 9.59 Å². The number of nitrogens with zero attached hydrogens (tertiary/aromatic N) is 1. The number of carbonyl (C=O) groups is 2. The molecule has 5 nitrogen and oxygen atoms in total. The van der Waals surface area contributed by atoms with Gasteiger partial charge >= 0.3 is 0 Å².